The van der Waals surface area contributed by atoms with Crippen LogP contribution < -0.4 is 25.5 Å². The van der Waals surface area contributed by atoms with Crippen molar-refractivity contribution in [2.45, 2.75) is 6.92 Å². The normalized spacial score (nSPS) is 8.40. The molecule has 0 aliphatic heterocycles. The van der Waals surface area contributed by atoms with Gasteiger partial charge < -0.3 is 3.44 Å². The molecule has 0 amide bonds. The predicted octanol–water partition coefficient (Wildman–Crippen LogP) is -3.70. The van der Waals surface area contributed by atoms with Crippen molar-refractivity contribution >= 4 is 0 Å². The topological polar surface area (TPSA) is 32.3 Å². The number of hydrogen-bond acceptors (Lipinski definition) is 2. The summed E-state index contributed by atoms with van der Waals surface area (Å²) in [6.07, 6.45) is 0. The molecule has 0 saturated carbocycles. The van der Waals surface area contributed by atoms with Gasteiger partial charge in [0, 0.05) is 0 Å². The Labute approximate surface area is 42.5 Å². The summed E-state index contributed by atoms with van der Waals surface area (Å²) in [7, 11) is 0. The van der Waals surface area contributed by atoms with Gasteiger partial charge in [0.1, 0.15) is 0 Å². The second kappa shape index (κ2) is 4.65. The minimum absolute atomic E-state index is 0.580. The van der Waals surface area contributed by atoms with E-state index in [2.05, 4.69) is 3.07 Å². The maximum atomic E-state index is 9.42. The van der Waals surface area contributed by atoms with Crippen LogP contribution in [0, 0.1) is 0 Å². The molecule has 0 heterocycles. The summed E-state index contributed by atoms with van der Waals surface area (Å²) >= 11 is -1.14. The van der Waals surface area contributed by atoms with Gasteiger partial charge in [-0.2, -0.15) is 0 Å². The van der Waals surface area contributed by atoms with Gasteiger partial charge in [-0.05, 0) is 6.92 Å². The highest BCUT2D eigenvalue weighted by Crippen LogP contribution is 1.41. The van der Waals surface area contributed by atoms with Gasteiger partial charge in [-0.15, -0.1) is 3.07 Å². The van der Waals surface area contributed by atoms with Crippen LogP contribution in [-0.4, -0.2) is 6.61 Å². The lowest BCUT2D eigenvalue weighted by Crippen LogP contribution is -3.70. The van der Waals surface area contributed by atoms with Crippen molar-refractivity contribution in [1.29, 1.82) is 0 Å². The van der Waals surface area contributed by atoms with E-state index in [1.165, 1.54) is 0 Å². The fraction of sp³-hybridized carbons (Fsp3) is 1.00. The SMILES string of the molecule is CCO[I+][O-]. The van der Waals surface area contributed by atoms with Crippen LogP contribution >= 0.6 is 0 Å². The monoisotopic (exact) mass is 188 g/mol. The molecule has 0 atom stereocenters. The van der Waals surface area contributed by atoms with Crippen molar-refractivity contribution < 1.29 is 28.5 Å². The molecule has 0 rings (SSSR count). The average Bonchev–Trinajstić information content (AvgIpc) is 1.41. The van der Waals surface area contributed by atoms with Gasteiger partial charge in [-0.1, -0.05) is 0 Å². The van der Waals surface area contributed by atoms with E-state index < -0.39 is 22.0 Å². The summed E-state index contributed by atoms with van der Waals surface area (Å²) in [4.78, 5) is 0. The summed E-state index contributed by atoms with van der Waals surface area (Å²) < 4.78 is 13.8. The molecule has 0 aliphatic carbocycles. The Balaban J connectivity index is 2.19. The molecular formula is C2H5IO2. The Morgan fingerprint density at radius 1 is 2.00 bits per heavy atom. The smallest absolute Gasteiger partial charge is 0.452 e. The molecule has 2 nitrogen and oxygen atoms in total. The van der Waals surface area contributed by atoms with Gasteiger partial charge in [0.2, 0.25) is 0 Å². The molecule has 0 unspecified atom stereocenters. The molecule has 0 aliphatic rings. The van der Waals surface area contributed by atoms with Gasteiger partial charge in [0.05, 0.1) is 6.61 Å². The number of halogens is 1. The molecule has 5 heavy (non-hydrogen) atoms. The van der Waals surface area contributed by atoms with E-state index in [1.54, 1.807) is 0 Å². The van der Waals surface area contributed by atoms with E-state index >= 15 is 0 Å². The molecule has 0 aromatic carbocycles. The van der Waals surface area contributed by atoms with E-state index in [9.17, 15) is 3.44 Å². The first-order chi connectivity index (χ1) is 2.41. The van der Waals surface area contributed by atoms with E-state index in [0.717, 1.165) is 0 Å². The van der Waals surface area contributed by atoms with Crippen molar-refractivity contribution in [2.24, 2.45) is 0 Å². The van der Waals surface area contributed by atoms with E-state index in [1.807, 2.05) is 6.92 Å². The third kappa shape index (κ3) is 4.65. The zero-order chi connectivity index (χ0) is 4.12. The Morgan fingerprint density at radius 2 is 2.60 bits per heavy atom. The Kier molecular flexibility index (Phi) is 5.25. The van der Waals surface area contributed by atoms with Crippen LogP contribution in [-0.2, 0) is 3.07 Å². The predicted molar refractivity (Wildman–Crippen MR) is 11.6 cm³/mol. The van der Waals surface area contributed by atoms with Gasteiger partial charge in [0.15, 0.2) is 0 Å². The first-order valence-corrected chi connectivity index (χ1v) is 3.07. The van der Waals surface area contributed by atoms with Crippen molar-refractivity contribution in [3.05, 3.63) is 0 Å². The van der Waals surface area contributed by atoms with Crippen molar-refractivity contribution in [3.63, 3.8) is 0 Å². The molecular weight excluding hydrogens is 183 g/mol. The second-order valence-corrected chi connectivity index (χ2v) is 1.44. The molecule has 0 fully saturated rings. The molecule has 0 aromatic rings. The highest BCUT2D eigenvalue weighted by molar-refractivity contribution is 3.88. The molecule has 0 spiro atoms. The van der Waals surface area contributed by atoms with Crippen LogP contribution in [0.5, 0.6) is 0 Å². The van der Waals surface area contributed by atoms with Gasteiger partial charge in [-0.25, -0.2) is 0 Å². The fourth-order valence-corrected chi connectivity index (χ4v) is 0.299. The summed E-state index contributed by atoms with van der Waals surface area (Å²) in [5.74, 6) is 0. The summed E-state index contributed by atoms with van der Waals surface area (Å²) in [5.41, 5.74) is 0. The van der Waals surface area contributed by atoms with Crippen LogP contribution in [0.3, 0.4) is 0 Å². The largest absolute Gasteiger partial charge is 0.567 e. The zero-order valence-corrected chi connectivity index (χ0v) is 5.06. The molecule has 0 bridgehead atoms. The zero-order valence-electron chi connectivity index (χ0n) is 2.90. The summed E-state index contributed by atoms with van der Waals surface area (Å²) in [6, 6.07) is 0. The van der Waals surface area contributed by atoms with Crippen molar-refractivity contribution in [3.8, 4) is 0 Å². The van der Waals surface area contributed by atoms with E-state index in [0.29, 0.717) is 6.61 Å². The molecule has 0 aromatic heterocycles. The highest BCUT2D eigenvalue weighted by Gasteiger charge is 1.80. The third-order valence-electron chi connectivity index (χ3n) is 0.154. The maximum absolute atomic E-state index is 9.42. The molecule has 32 valence electrons. The van der Waals surface area contributed by atoms with E-state index in [4.69, 9.17) is 0 Å². The molecule has 0 radical (unpaired) electrons. The van der Waals surface area contributed by atoms with Gasteiger partial charge in [0.25, 0.3) is 0 Å². The van der Waals surface area contributed by atoms with Crippen molar-refractivity contribution in [1.82, 2.24) is 0 Å². The Bertz CT molecular complexity index is 15.1. The molecule has 3 heteroatoms. The van der Waals surface area contributed by atoms with E-state index in [-0.39, 0.29) is 0 Å². The first-order valence-electron chi connectivity index (χ1n) is 1.30. The summed E-state index contributed by atoms with van der Waals surface area (Å²) in [5, 5.41) is 0. The molecule has 0 saturated heterocycles. The lowest BCUT2D eigenvalue weighted by molar-refractivity contribution is -1.27. The highest BCUT2D eigenvalue weighted by atomic mass is 127. The third-order valence-corrected chi connectivity index (χ3v) is 1.03. The van der Waals surface area contributed by atoms with Crippen LogP contribution in [0.1, 0.15) is 6.92 Å². The molecule has 0 N–H and O–H groups in total. The summed E-state index contributed by atoms with van der Waals surface area (Å²) in [6.45, 7) is 2.40. The second-order valence-electron chi connectivity index (χ2n) is 0.461. The van der Waals surface area contributed by atoms with Crippen LogP contribution in [0.4, 0.5) is 0 Å². The van der Waals surface area contributed by atoms with Crippen molar-refractivity contribution in [2.75, 3.05) is 6.61 Å². The maximum Gasteiger partial charge on any atom is 0.452 e. The fourth-order valence-electron chi connectivity index (χ4n) is 0.0445. The standard InChI is InChI=1S/C2H5IO2/c1-2-5-3-4/h2H2,1H3. The van der Waals surface area contributed by atoms with Crippen LogP contribution in [0.2, 0.25) is 0 Å². The van der Waals surface area contributed by atoms with Crippen LogP contribution in [0.25, 0.3) is 0 Å². The minimum Gasteiger partial charge on any atom is -0.567 e. The minimum atomic E-state index is -1.14. The quantitative estimate of drug-likeness (QED) is 0.418. The van der Waals surface area contributed by atoms with Gasteiger partial charge >= 0.3 is 22.0 Å². The number of rotatable bonds is 2. The van der Waals surface area contributed by atoms with Gasteiger partial charge in [-0.3, -0.25) is 0 Å². The Hall–Kier alpha value is 0.650. The average molecular weight is 188 g/mol. The lowest BCUT2D eigenvalue weighted by atomic mass is 10.9. The number of hydrogen-bond donors (Lipinski definition) is 0. The first kappa shape index (κ1) is 5.65. The van der Waals surface area contributed by atoms with Crippen LogP contribution in [0.15, 0.2) is 0 Å². The lowest BCUT2D eigenvalue weighted by Gasteiger charge is -1.72. The Morgan fingerprint density at radius 3 is 2.60 bits per heavy atom.